The first-order valence-electron chi connectivity index (χ1n) is 7.50. The minimum Gasteiger partial charge on any atom is -0.497 e. The third kappa shape index (κ3) is 5.77. The van der Waals surface area contributed by atoms with Crippen LogP contribution < -0.4 is 19.7 Å². The van der Waals surface area contributed by atoms with E-state index in [4.69, 9.17) is 9.47 Å². The molecule has 0 aliphatic rings. The van der Waals surface area contributed by atoms with E-state index >= 15 is 0 Å². The number of carbonyl (C=O) groups excluding carboxylic acids is 1. The fraction of sp³-hybridized carbons (Fsp3) is 0.471. The highest BCUT2D eigenvalue weighted by Crippen LogP contribution is 2.28. The van der Waals surface area contributed by atoms with Crippen LogP contribution >= 0.6 is 0 Å². The Balaban J connectivity index is 2.59. The van der Waals surface area contributed by atoms with E-state index in [1.165, 1.54) is 4.90 Å². The van der Waals surface area contributed by atoms with Gasteiger partial charge in [-0.3, -0.25) is 4.79 Å². The van der Waals surface area contributed by atoms with Crippen LogP contribution in [0.1, 0.15) is 20.3 Å². The maximum atomic E-state index is 12.1. The summed E-state index contributed by atoms with van der Waals surface area (Å²) in [4.78, 5) is 13.5. The molecule has 0 radical (unpaired) electrons. The molecule has 0 aliphatic carbocycles. The molecule has 1 rings (SSSR count). The number of methoxy groups -OCH3 is 2. The predicted octanol–water partition coefficient (Wildman–Crippen LogP) is 1.51. The number of quaternary nitrogens is 1. The Labute approximate surface area is 132 Å². The topological polar surface area (TPSA) is 52.0 Å². The molecule has 0 saturated carbocycles. The molecule has 0 aliphatic heterocycles. The van der Waals surface area contributed by atoms with E-state index in [1.54, 1.807) is 32.4 Å². The highest BCUT2D eigenvalue weighted by Gasteiger charge is 2.12. The summed E-state index contributed by atoms with van der Waals surface area (Å²) in [5.41, 5.74) is 1.79. The van der Waals surface area contributed by atoms with E-state index in [0.717, 1.165) is 25.2 Å². The second-order valence-electron chi connectivity index (χ2n) is 5.35. The Morgan fingerprint density at radius 1 is 1.32 bits per heavy atom. The Kier molecular flexibility index (Phi) is 7.46. The normalized spacial score (nSPS) is 11.6. The molecule has 1 aromatic carbocycles. The van der Waals surface area contributed by atoms with Gasteiger partial charge in [0, 0.05) is 6.07 Å². The molecule has 1 amide bonds. The quantitative estimate of drug-likeness (QED) is 0.680. The molecule has 0 bridgehead atoms. The Morgan fingerprint density at radius 3 is 2.59 bits per heavy atom. The number of anilines is 1. The molecule has 5 nitrogen and oxygen atoms in total. The molecule has 1 unspecified atom stereocenters. The van der Waals surface area contributed by atoms with Crippen molar-refractivity contribution in [3.8, 4) is 11.5 Å². The molecule has 0 aromatic heterocycles. The van der Waals surface area contributed by atoms with Gasteiger partial charge in [0.25, 0.3) is 0 Å². The van der Waals surface area contributed by atoms with E-state index in [-0.39, 0.29) is 5.91 Å². The van der Waals surface area contributed by atoms with Crippen LogP contribution in [0.4, 0.5) is 5.69 Å². The SMILES string of the molecule is C=C(C)C[NH+](CC)CCC(=O)Nc1ccc(OC)cc1OC. The van der Waals surface area contributed by atoms with Crippen molar-refractivity contribution in [2.24, 2.45) is 0 Å². The molecule has 0 fully saturated rings. The van der Waals surface area contributed by atoms with Gasteiger partial charge < -0.3 is 19.7 Å². The number of hydrogen-bond donors (Lipinski definition) is 2. The third-order valence-electron chi connectivity index (χ3n) is 3.44. The Hall–Kier alpha value is -2.01. The van der Waals surface area contributed by atoms with Crippen molar-refractivity contribution in [3.63, 3.8) is 0 Å². The van der Waals surface area contributed by atoms with Gasteiger partial charge in [0.05, 0.1) is 46.0 Å². The number of hydrogen-bond acceptors (Lipinski definition) is 3. The van der Waals surface area contributed by atoms with Crippen molar-refractivity contribution in [2.75, 3.05) is 39.2 Å². The minimum atomic E-state index is -0.0175. The van der Waals surface area contributed by atoms with Crippen LogP contribution in [0.25, 0.3) is 0 Å². The van der Waals surface area contributed by atoms with Gasteiger partial charge in [-0.05, 0) is 31.6 Å². The molecular weight excluding hydrogens is 280 g/mol. The van der Waals surface area contributed by atoms with Crippen molar-refractivity contribution < 1.29 is 19.2 Å². The first-order chi connectivity index (χ1) is 10.5. The number of ether oxygens (including phenoxy) is 2. The van der Waals surface area contributed by atoms with Crippen LogP contribution in [0.5, 0.6) is 11.5 Å². The van der Waals surface area contributed by atoms with Gasteiger partial charge in [0.2, 0.25) is 5.91 Å². The van der Waals surface area contributed by atoms with Crippen LogP contribution in [-0.4, -0.2) is 39.8 Å². The molecule has 0 spiro atoms. The van der Waals surface area contributed by atoms with Gasteiger partial charge >= 0.3 is 0 Å². The maximum Gasteiger partial charge on any atom is 0.230 e. The van der Waals surface area contributed by atoms with Crippen LogP contribution in [0.2, 0.25) is 0 Å². The van der Waals surface area contributed by atoms with E-state index in [2.05, 4.69) is 18.8 Å². The van der Waals surface area contributed by atoms with Crippen molar-refractivity contribution in [1.82, 2.24) is 0 Å². The lowest BCUT2D eigenvalue weighted by molar-refractivity contribution is -0.892. The van der Waals surface area contributed by atoms with Crippen molar-refractivity contribution >= 4 is 11.6 Å². The van der Waals surface area contributed by atoms with Crippen LogP contribution in [-0.2, 0) is 4.79 Å². The Bertz CT molecular complexity index is 515. The fourth-order valence-corrected chi connectivity index (χ4v) is 2.22. The minimum absolute atomic E-state index is 0.0175. The molecule has 122 valence electrons. The number of nitrogens with one attached hydrogen (secondary N) is 2. The van der Waals surface area contributed by atoms with E-state index < -0.39 is 0 Å². The number of likely N-dealkylation sites (N-methyl/N-ethyl adjacent to an activating group) is 1. The molecule has 0 saturated heterocycles. The summed E-state index contributed by atoms with van der Waals surface area (Å²) in [6, 6.07) is 5.33. The maximum absolute atomic E-state index is 12.1. The highest BCUT2D eigenvalue weighted by atomic mass is 16.5. The van der Waals surface area contributed by atoms with Crippen LogP contribution in [0, 0.1) is 0 Å². The van der Waals surface area contributed by atoms with Crippen molar-refractivity contribution in [2.45, 2.75) is 20.3 Å². The summed E-state index contributed by atoms with van der Waals surface area (Å²) in [5.74, 6) is 1.27. The molecule has 0 heterocycles. The summed E-state index contributed by atoms with van der Waals surface area (Å²) in [7, 11) is 3.16. The average molecular weight is 307 g/mol. The summed E-state index contributed by atoms with van der Waals surface area (Å²) < 4.78 is 10.4. The first-order valence-corrected chi connectivity index (χ1v) is 7.50. The lowest BCUT2D eigenvalue weighted by atomic mass is 10.2. The number of rotatable bonds is 9. The number of benzene rings is 1. The van der Waals surface area contributed by atoms with Gasteiger partial charge in [0.15, 0.2) is 0 Å². The number of carbonyl (C=O) groups is 1. The molecular formula is C17H27N2O3+. The first kappa shape index (κ1) is 18.0. The highest BCUT2D eigenvalue weighted by molar-refractivity contribution is 5.92. The third-order valence-corrected chi connectivity index (χ3v) is 3.44. The van der Waals surface area contributed by atoms with Gasteiger partial charge in [-0.25, -0.2) is 0 Å². The van der Waals surface area contributed by atoms with Crippen LogP contribution in [0.3, 0.4) is 0 Å². The Morgan fingerprint density at radius 2 is 2.05 bits per heavy atom. The van der Waals surface area contributed by atoms with Crippen LogP contribution in [0.15, 0.2) is 30.4 Å². The van der Waals surface area contributed by atoms with E-state index in [9.17, 15) is 4.79 Å². The second kappa shape index (κ2) is 9.10. The van der Waals surface area contributed by atoms with Crippen molar-refractivity contribution in [1.29, 1.82) is 0 Å². The molecule has 5 heteroatoms. The average Bonchev–Trinajstić information content (AvgIpc) is 2.51. The summed E-state index contributed by atoms with van der Waals surface area (Å²) in [5, 5.41) is 2.89. The number of amides is 1. The van der Waals surface area contributed by atoms with E-state index in [0.29, 0.717) is 23.6 Å². The van der Waals surface area contributed by atoms with Gasteiger partial charge in [-0.2, -0.15) is 0 Å². The fourth-order valence-electron chi connectivity index (χ4n) is 2.22. The lowest BCUT2D eigenvalue weighted by Crippen LogP contribution is -3.12. The molecule has 1 atom stereocenters. The molecule has 1 aromatic rings. The van der Waals surface area contributed by atoms with Gasteiger partial charge in [0.1, 0.15) is 11.5 Å². The van der Waals surface area contributed by atoms with E-state index in [1.807, 2.05) is 6.92 Å². The zero-order chi connectivity index (χ0) is 16.5. The second-order valence-corrected chi connectivity index (χ2v) is 5.35. The van der Waals surface area contributed by atoms with Gasteiger partial charge in [-0.15, -0.1) is 0 Å². The predicted molar refractivity (Wildman–Crippen MR) is 88.8 cm³/mol. The lowest BCUT2D eigenvalue weighted by Gasteiger charge is -2.17. The smallest absolute Gasteiger partial charge is 0.230 e. The summed E-state index contributed by atoms with van der Waals surface area (Å²) in [6.07, 6.45) is 0.464. The standard InChI is InChI=1S/C17H26N2O3/c1-6-19(12-13(2)3)10-9-17(20)18-15-8-7-14(21-4)11-16(15)22-5/h7-8,11H,2,6,9-10,12H2,1,3-5H3,(H,18,20)/p+1. The summed E-state index contributed by atoms with van der Waals surface area (Å²) in [6.45, 7) is 10.7. The van der Waals surface area contributed by atoms with Gasteiger partial charge in [-0.1, -0.05) is 6.58 Å². The molecule has 2 N–H and O–H groups in total. The van der Waals surface area contributed by atoms with Crippen molar-refractivity contribution in [3.05, 3.63) is 30.4 Å². The monoisotopic (exact) mass is 307 g/mol. The zero-order valence-electron chi connectivity index (χ0n) is 14.0. The zero-order valence-corrected chi connectivity index (χ0v) is 14.0. The molecule has 22 heavy (non-hydrogen) atoms. The largest absolute Gasteiger partial charge is 0.497 e. The summed E-state index contributed by atoms with van der Waals surface area (Å²) >= 11 is 0.